The van der Waals surface area contributed by atoms with Gasteiger partial charge in [-0.3, -0.25) is 4.79 Å². The SMILES string of the molecule is O=C(O)C1CCC(Cc2nc(-c3ccccc3)cs2)N1. The molecule has 1 aromatic carbocycles. The lowest BCUT2D eigenvalue weighted by atomic mass is 10.1. The Morgan fingerprint density at radius 1 is 1.35 bits per heavy atom. The van der Waals surface area contributed by atoms with Crippen molar-refractivity contribution < 1.29 is 9.90 Å². The third kappa shape index (κ3) is 2.89. The summed E-state index contributed by atoms with van der Waals surface area (Å²) in [7, 11) is 0. The maximum atomic E-state index is 10.9. The normalized spacial score (nSPS) is 22.0. The second kappa shape index (κ2) is 5.73. The van der Waals surface area contributed by atoms with Crippen LogP contribution in [0.2, 0.25) is 0 Å². The molecule has 3 rings (SSSR count). The molecule has 1 aliphatic heterocycles. The van der Waals surface area contributed by atoms with Crippen LogP contribution in [0, 0.1) is 0 Å². The van der Waals surface area contributed by atoms with Crippen LogP contribution in [0.4, 0.5) is 0 Å². The highest BCUT2D eigenvalue weighted by Crippen LogP contribution is 2.24. The molecule has 2 N–H and O–H groups in total. The number of nitrogens with one attached hydrogen (secondary N) is 1. The topological polar surface area (TPSA) is 62.2 Å². The molecular weight excluding hydrogens is 272 g/mol. The minimum Gasteiger partial charge on any atom is -0.480 e. The largest absolute Gasteiger partial charge is 0.480 e. The summed E-state index contributed by atoms with van der Waals surface area (Å²) in [4.78, 5) is 15.6. The van der Waals surface area contributed by atoms with E-state index in [1.54, 1.807) is 11.3 Å². The van der Waals surface area contributed by atoms with Gasteiger partial charge in [0.15, 0.2) is 0 Å². The highest BCUT2D eigenvalue weighted by atomic mass is 32.1. The Hall–Kier alpha value is -1.72. The molecule has 2 aromatic rings. The summed E-state index contributed by atoms with van der Waals surface area (Å²) < 4.78 is 0. The fourth-order valence-electron chi connectivity index (χ4n) is 2.53. The van der Waals surface area contributed by atoms with Crippen LogP contribution in [0.15, 0.2) is 35.7 Å². The lowest BCUT2D eigenvalue weighted by Crippen LogP contribution is -2.36. The van der Waals surface area contributed by atoms with E-state index in [1.807, 2.05) is 30.3 Å². The highest BCUT2D eigenvalue weighted by Gasteiger charge is 2.29. The van der Waals surface area contributed by atoms with Gasteiger partial charge in [0.1, 0.15) is 6.04 Å². The van der Waals surface area contributed by atoms with Crippen molar-refractivity contribution in [1.82, 2.24) is 10.3 Å². The predicted octanol–water partition coefficient (Wildman–Crippen LogP) is 2.56. The van der Waals surface area contributed by atoms with Crippen LogP contribution in [0.5, 0.6) is 0 Å². The molecule has 104 valence electrons. The molecule has 0 bridgehead atoms. The van der Waals surface area contributed by atoms with Gasteiger partial charge in [-0.25, -0.2) is 4.98 Å². The van der Waals surface area contributed by atoms with Gasteiger partial charge in [-0.05, 0) is 12.8 Å². The van der Waals surface area contributed by atoms with E-state index in [0.717, 1.165) is 29.1 Å². The lowest BCUT2D eigenvalue weighted by molar-refractivity contribution is -0.139. The smallest absolute Gasteiger partial charge is 0.320 e. The van der Waals surface area contributed by atoms with Gasteiger partial charge in [0, 0.05) is 23.4 Å². The Bertz CT molecular complexity index is 597. The molecule has 0 spiro atoms. The molecule has 4 nitrogen and oxygen atoms in total. The average molecular weight is 288 g/mol. The monoisotopic (exact) mass is 288 g/mol. The first-order valence-corrected chi connectivity index (χ1v) is 7.59. The van der Waals surface area contributed by atoms with Gasteiger partial charge < -0.3 is 10.4 Å². The van der Waals surface area contributed by atoms with Crippen LogP contribution in [0.3, 0.4) is 0 Å². The second-order valence-electron chi connectivity index (χ2n) is 5.03. The number of hydrogen-bond acceptors (Lipinski definition) is 4. The second-order valence-corrected chi connectivity index (χ2v) is 5.97. The minimum absolute atomic E-state index is 0.228. The Balaban J connectivity index is 1.65. The van der Waals surface area contributed by atoms with Gasteiger partial charge in [0.2, 0.25) is 0 Å². The van der Waals surface area contributed by atoms with Gasteiger partial charge in [0.05, 0.1) is 10.7 Å². The molecule has 1 aromatic heterocycles. The van der Waals surface area contributed by atoms with E-state index in [1.165, 1.54) is 0 Å². The number of carboxylic acids is 1. The van der Waals surface area contributed by atoms with Gasteiger partial charge in [-0.15, -0.1) is 11.3 Å². The van der Waals surface area contributed by atoms with E-state index < -0.39 is 12.0 Å². The van der Waals surface area contributed by atoms with E-state index in [9.17, 15) is 4.79 Å². The van der Waals surface area contributed by atoms with Crippen LogP contribution in [-0.4, -0.2) is 28.1 Å². The third-order valence-corrected chi connectivity index (χ3v) is 4.45. The number of benzene rings is 1. The van der Waals surface area contributed by atoms with E-state index in [-0.39, 0.29) is 6.04 Å². The molecule has 20 heavy (non-hydrogen) atoms. The number of carbonyl (C=O) groups is 1. The summed E-state index contributed by atoms with van der Waals surface area (Å²) in [6, 6.07) is 9.93. The Morgan fingerprint density at radius 2 is 2.15 bits per heavy atom. The number of thiazole rings is 1. The van der Waals surface area contributed by atoms with Crippen LogP contribution in [0.1, 0.15) is 17.8 Å². The predicted molar refractivity (Wildman–Crippen MR) is 78.8 cm³/mol. The van der Waals surface area contributed by atoms with Crippen LogP contribution in [-0.2, 0) is 11.2 Å². The first-order valence-electron chi connectivity index (χ1n) is 6.71. The molecule has 2 atom stereocenters. The Morgan fingerprint density at radius 3 is 2.85 bits per heavy atom. The average Bonchev–Trinajstić information content (AvgIpc) is 3.10. The van der Waals surface area contributed by atoms with E-state index in [2.05, 4.69) is 15.7 Å². The molecule has 2 heterocycles. The summed E-state index contributed by atoms with van der Waals surface area (Å²) in [5.41, 5.74) is 2.12. The fraction of sp³-hybridized carbons (Fsp3) is 0.333. The summed E-state index contributed by atoms with van der Waals surface area (Å²) in [6.45, 7) is 0. The molecule has 1 saturated heterocycles. The van der Waals surface area contributed by atoms with Crippen molar-refractivity contribution in [3.05, 3.63) is 40.7 Å². The van der Waals surface area contributed by atoms with E-state index >= 15 is 0 Å². The summed E-state index contributed by atoms with van der Waals surface area (Å²) in [6.07, 6.45) is 2.41. The van der Waals surface area contributed by atoms with Gasteiger partial charge in [-0.1, -0.05) is 30.3 Å². The van der Waals surface area contributed by atoms with Crippen molar-refractivity contribution in [2.24, 2.45) is 0 Å². The van der Waals surface area contributed by atoms with Crippen molar-refractivity contribution >= 4 is 17.3 Å². The molecule has 2 unspecified atom stereocenters. The van der Waals surface area contributed by atoms with Crippen molar-refractivity contribution in [3.63, 3.8) is 0 Å². The molecular formula is C15H16N2O2S. The number of hydrogen-bond donors (Lipinski definition) is 2. The van der Waals surface area contributed by atoms with Crippen molar-refractivity contribution in [1.29, 1.82) is 0 Å². The Kier molecular flexibility index (Phi) is 3.80. The van der Waals surface area contributed by atoms with Crippen molar-refractivity contribution in [2.45, 2.75) is 31.3 Å². The number of aliphatic carboxylic acids is 1. The molecule has 0 aliphatic carbocycles. The number of rotatable bonds is 4. The van der Waals surface area contributed by atoms with Crippen LogP contribution < -0.4 is 5.32 Å². The zero-order valence-corrected chi connectivity index (χ0v) is 11.8. The molecule has 5 heteroatoms. The summed E-state index contributed by atoms with van der Waals surface area (Å²) in [5, 5.41) is 15.3. The standard InChI is InChI=1S/C15H16N2O2S/c18-15(19)12-7-6-11(16-12)8-14-17-13(9-20-14)10-4-2-1-3-5-10/h1-5,9,11-12,16H,6-8H2,(H,18,19). The number of nitrogens with zero attached hydrogens (tertiary/aromatic N) is 1. The van der Waals surface area contributed by atoms with E-state index in [4.69, 9.17) is 5.11 Å². The van der Waals surface area contributed by atoms with Gasteiger partial charge in [-0.2, -0.15) is 0 Å². The first kappa shape index (κ1) is 13.3. The summed E-state index contributed by atoms with van der Waals surface area (Å²) >= 11 is 1.64. The molecule has 0 saturated carbocycles. The van der Waals surface area contributed by atoms with Crippen LogP contribution in [0.25, 0.3) is 11.3 Å². The quantitative estimate of drug-likeness (QED) is 0.907. The number of carboxylic acid groups (broad SMARTS) is 1. The molecule has 0 radical (unpaired) electrons. The third-order valence-electron chi connectivity index (χ3n) is 3.58. The zero-order chi connectivity index (χ0) is 13.9. The van der Waals surface area contributed by atoms with Gasteiger partial charge in [0.25, 0.3) is 0 Å². The zero-order valence-electron chi connectivity index (χ0n) is 11.0. The van der Waals surface area contributed by atoms with Crippen molar-refractivity contribution in [2.75, 3.05) is 0 Å². The Labute approximate surface area is 121 Å². The van der Waals surface area contributed by atoms with Gasteiger partial charge >= 0.3 is 5.97 Å². The summed E-state index contributed by atoms with van der Waals surface area (Å²) in [5.74, 6) is -0.753. The van der Waals surface area contributed by atoms with Crippen LogP contribution >= 0.6 is 11.3 Å². The number of aromatic nitrogens is 1. The first-order chi connectivity index (χ1) is 9.72. The molecule has 1 aliphatic rings. The minimum atomic E-state index is -0.753. The van der Waals surface area contributed by atoms with E-state index in [0.29, 0.717) is 6.42 Å². The van der Waals surface area contributed by atoms with Crippen molar-refractivity contribution in [3.8, 4) is 11.3 Å². The molecule has 1 fully saturated rings. The molecule has 0 amide bonds. The highest BCUT2D eigenvalue weighted by molar-refractivity contribution is 7.09. The maximum Gasteiger partial charge on any atom is 0.320 e. The fourth-order valence-corrected chi connectivity index (χ4v) is 3.42. The lowest BCUT2D eigenvalue weighted by Gasteiger charge is -2.09. The maximum absolute atomic E-state index is 10.9.